The van der Waals surface area contributed by atoms with Crippen LogP contribution in [0, 0.1) is 6.92 Å². The van der Waals surface area contributed by atoms with Crippen LogP contribution in [-0.2, 0) is 12.8 Å². The summed E-state index contributed by atoms with van der Waals surface area (Å²) in [6.07, 6.45) is 5.54. The number of aryl methyl sites for hydroxylation is 2. The van der Waals surface area contributed by atoms with Crippen LogP contribution in [0.15, 0.2) is 18.2 Å². The van der Waals surface area contributed by atoms with Gasteiger partial charge >= 0.3 is 0 Å². The van der Waals surface area contributed by atoms with Crippen molar-refractivity contribution >= 4 is 11.6 Å². The van der Waals surface area contributed by atoms with Gasteiger partial charge in [-0.05, 0) is 50.3 Å². The normalized spacial score (nSPS) is 14.4. The smallest absolute Gasteiger partial charge is 0.164 e. The van der Waals surface area contributed by atoms with Crippen molar-refractivity contribution in [2.45, 2.75) is 39.0 Å². The van der Waals surface area contributed by atoms with Crippen LogP contribution in [0.3, 0.4) is 0 Å². The van der Waals surface area contributed by atoms with E-state index in [0.717, 1.165) is 41.0 Å². The van der Waals surface area contributed by atoms with E-state index in [9.17, 15) is 0 Å². The second-order valence-corrected chi connectivity index (χ2v) is 5.89. The molecule has 0 bridgehead atoms. The summed E-state index contributed by atoms with van der Waals surface area (Å²) in [4.78, 5) is 9.28. The maximum atomic E-state index is 6.40. The van der Waals surface area contributed by atoms with Crippen LogP contribution in [0.2, 0.25) is 5.15 Å². The lowest BCUT2D eigenvalue weighted by Crippen LogP contribution is -2.03. The highest BCUT2D eigenvalue weighted by atomic mass is 35.5. The van der Waals surface area contributed by atoms with Gasteiger partial charge < -0.3 is 4.74 Å². The molecule has 0 unspecified atom stereocenters. The number of aromatic nitrogens is 2. The van der Waals surface area contributed by atoms with E-state index in [4.69, 9.17) is 21.3 Å². The van der Waals surface area contributed by atoms with Gasteiger partial charge in [-0.1, -0.05) is 24.1 Å². The summed E-state index contributed by atoms with van der Waals surface area (Å²) in [5.41, 5.74) is 4.28. The van der Waals surface area contributed by atoms with Gasteiger partial charge in [0.2, 0.25) is 0 Å². The predicted octanol–water partition coefficient (Wildman–Crippen LogP) is 4.38. The van der Waals surface area contributed by atoms with Gasteiger partial charge in [-0.3, -0.25) is 0 Å². The van der Waals surface area contributed by atoms with E-state index < -0.39 is 0 Å². The number of ether oxygens (including phenoxy) is 1. The maximum absolute atomic E-state index is 6.40. The van der Waals surface area contributed by atoms with E-state index in [0.29, 0.717) is 11.0 Å². The van der Waals surface area contributed by atoms with Crippen molar-refractivity contribution in [1.82, 2.24) is 9.97 Å². The first kappa shape index (κ1) is 14.3. The number of nitrogens with zero attached hydrogens (tertiary/aromatic N) is 2. The summed E-state index contributed by atoms with van der Waals surface area (Å²) in [5, 5.41) is 0.597. The molecule has 0 amide bonds. The minimum absolute atomic E-state index is 0.597. The third-order valence-electron chi connectivity index (χ3n) is 3.98. The molecule has 3 rings (SSSR count). The summed E-state index contributed by atoms with van der Waals surface area (Å²) in [7, 11) is 1.67. The quantitative estimate of drug-likeness (QED) is 0.610. The largest absolute Gasteiger partial charge is 0.496 e. The molecule has 2 aromatic rings. The molecule has 0 N–H and O–H groups in total. The minimum Gasteiger partial charge on any atom is -0.496 e. The van der Waals surface area contributed by atoms with Gasteiger partial charge in [0.25, 0.3) is 0 Å². The predicted molar refractivity (Wildman–Crippen MR) is 85.0 cm³/mol. The number of hydrogen-bond acceptors (Lipinski definition) is 3. The lowest BCUT2D eigenvalue weighted by molar-refractivity contribution is 0.416. The van der Waals surface area contributed by atoms with Crippen molar-refractivity contribution in [2.75, 3.05) is 7.11 Å². The standard InChI is InChI=1S/C17H19ClN2O/c1-11-8-9-13(15(10-11)21-2)17-19-14-7-5-3-4-6-12(14)16(18)20-17/h8-10H,3-7H2,1-2H3. The fourth-order valence-corrected chi connectivity index (χ4v) is 3.11. The first-order chi connectivity index (χ1) is 10.2. The Morgan fingerprint density at radius 3 is 2.71 bits per heavy atom. The Morgan fingerprint density at radius 1 is 1.10 bits per heavy atom. The van der Waals surface area contributed by atoms with Crippen molar-refractivity contribution < 1.29 is 4.74 Å². The van der Waals surface area contributed by atoms with Gasteiger partial charge in [0.15, 0.2) is 5.82 Å². The fourth-order valence-electron chi connectivity index (χ4n) is 2.83. The first-order valence-corrected chi connectivity index (χ1v) is 7.77. The molecule has 1 aromatic carbocycles. The Morgan fingerprint density at radius 2 is 1.90 bits per heavy atom. The van der Waals surface area contributed by atoms with Gasteiger partial charge in [0, 0.05) is 11.3 Å². The number of fused-ring (bicyclic) bond motifs is 1. The number of halogens is 1. The van der Waals surface area contributed by atoms with Crippen LogP contribution < -0.4 is 4.74 Å². The highest BCUT2D eigenvalue weighted by Crippen LogP contribution is 2.32. The van der Waals surface area contributed by atoms with Gasteiger partial charge in [-0.2, -0.15) is 0 Å². The van der Waals surface area contributed by atoms with Crippen molar-refractivity contribution in [2.24, 2.45) is 0 Å². The van der Waals surface area contributed by atoms with Gasteiger partial charge in [0.1, 0.15) is 10.9 Å². The molecule has 0 saturated carbocycles. The molecule has 0 radical (unpaired) electrons. The highest BCUT2D eigenvalue weighted by Gasteiger charge is 2.18. The lowest BCUT2D eigenvalue weighted by atomic mass is 10.1. The van der Waals surface area contributed by atoms with E-state index in [1.54, 1.807) is 7.11 Å². The zero-order valence-corrected chi connectivity index (χ0v) is 13.2. The summed E-state index contributed by atoms with van der Waals surface area (Å²) in [6.45, 7) is 2.04. The highest BCUT2D eigenvalue weighted by molar-refractivity contribution is 6.30. The molecule has 0 fully saturated rings. The van der Waals surface area contributed by atoms with Gasteiger partial charge in [0.05, 0.1) is 12.7 Å². The number of hydrogen-bond donors (Lipinski definition) is 0. The number of rotatable bonds is 2. The molecule has 4 heteroatoms. The third kappa shape index (κ3) is 2.88. The zero-order chi connectivity index (χ0) is 14.8. The van der Waals surface area contributed by atoms with Crippen molar-refractivity contribution in [3.8, 4) is 17.1 Å². The third-order valence-corrected chi connectivity index (χ3v) is 4.29. The Labute approximate surface area is 130 Å². The SMILES string of the molecule is COc1cc(C)ccc1-c1nc(Cl)c2c(n1)CCCCC2. The van der Waals surface area contributed by atoms with Crippen molar-refractivity contribution in [3.05, 3.63) is 40.2 Å². The van der Waals surface area contributed by atoms with E-state index in [2.05, 4.69) is 4.98 Å². The fraction of sp³-hybridized carbons (Fsp3) is 0.412. The minimum atomic E-state index is 0.597. The Balaban J connectivity index is 2.11. The zero-order valence-electron chi connectivity index (χ0n) is 12.4. The topological polar surface area (TPSA) is 35.0 Å². The molecule has 1 aliphatic rings. The molecule has 0 spiro atoms. The molecule has 1 aliphatic carbocycles. The molecule has 1 heterocycles. The van der Waals surface area contributed by atoms with Crippen LogP contribution >= 0.6 is 11.6 Å². The Bertz CT molecular complexity index is 670. The maximum Gasteiger partial charge on any atom is 0.164 e. The van der Waals surface area contributed by atoms with E-state index in [-0.39, 0.29) is 0 Å². The lowest BCUT2D eigenvalue weighted by Gasteiger charge is -2.12. The van der Waals surface area contributed by atoms with Crippen LogP contribution in [0.1, 0.15) is 36.1 Å². The molecule has 1 aromatic heterocycles. The summed E-state index contributed by atoms with van der Waals surface area (Å²) >= 11 is 6.40. The van der Waals surface area contributed by atoms with Crippen molar-refractivity contribution in [3.63, 3.8) is 0 Å². The molecule has 3 nitrogen and oxygen atoms in total. The monoisotopic (exact) mass is 302 g/mol. The molecule has 110 valence electrons. The van der Waals surface area contributed by atoms with Crippen LogP contribution in [-0.4, -0.2) is 17.1 Å². The molecular weight excluding hydrogens is 284 g/mol. The summed E-state index contributed by atoms with van der Waals surface area (Å²) < 4.78 is 5.47. The van der Waals surface area contributed by atoms with Crippen LogP contribution in [0.4, 0.5) is 0 Å². The second kappa shape index (κ2) is 6.02. The summed E-state index contributed by atoms with van der Waals surface area (Å²) in [6, 6.07) is 6.04. The first-order valence-electron chi connectivity index (χ1n) is 7.39. The van der Waals surface area contributed by atoms with Crippen molar-refractivity contribution in [1.29, 1.82) is 0 Å². The Kier molecular flexibility index (Phi) is 4.11. The molecule has 0 saturated heterocycles. The number of methoxy groups -OCH3 is 1. The molecular formula is C17H19ClN2O. The average molecular weight is 303 g/mol. The van der Waals surface area contributed by atoms with E-state index in [1.807, 2.05) is 25.1 Å². The second-order valence-electron chi connectivity index (χ2n) is 5.53. The summed E-state index contributed by atoms with van der Waals surface area (Å²) in [5.74, 6) is 1.46. The van der Waals surface area contributed by atoms with Crippen LogP contribution in [0.5, 0.6) is 5.75 Å². The van der Waals surface area contributed by atoms with Gasteiger partial charge in [-0.25, -0.2) is 9.97 Å². The van der Waals surface area contributed by atoms with Gasteiger partial charge in [-0.15, -0.1) is 0 Å². The van der Waals surface area contributed by atoms with E-state index >= 15 is 0 Å². The number of benzene rings is 1. The molecule has 21 heavy (non-hydrogen) atoms. The average Bonchev–Trinajstić information content (AvgIpc) is 2.72. The Hall–Kier alpha value is -1.61. The molecule has 0 aliphatic heterocycles. The molecule has 0 atom stereocenters. The van der Waals surface area contributed by atoms with Crippen LogP contribution in [0.25, 0.3) is 11.4 Å². The van der Waals surface area contributed by atoms with E-state index in [1.165, 1.54) is 19.3 Å².